The average molecular weight is 288 g/mol. The van der Waals surface area contributed by atoms with Crippen LogP contribution in [-0.2, 0) is 6.54 Å². The number of fused-ring (bicyclic) bond motifs is 1. The van der Waals surface area contributed by atoms with Crippen LogP contribution >= 0.6 is 0 Å². The van der Waals surface area contributed by atoms with E-state index in [1.807, 2.05) is 18.2 Å². The maximum atomic E-state index is 5.82. The lowest BCUT2D eigenvalue weighted by Crippen LogP contribution is -2.35. The average Bonchev–Trinajstić information content (AvgIpc) is 2.92. The Morgan fingerprint density at radius 1 is 1.19 bits per heavy atom. The number of para-hydroxylation sites is 1. The minimum Gasteiger partial charge on any atom is -0.486 e. The van der Waals surface area contributed by atoms with E-state index in [-0.39, 0.29) is 5.54 Å². The molecular weight excluding hydrogens is 268 g/mol. The highest BCUT2D eigenvalue weighted by atomic mass is 16.6. The number of nitrogens with zero attached hydrogens (tertiary/aromatic N) is 1. The monoisotopic (exact) mass is 288 g/mol. The molecule has 0 unspecified atom stereocenters. The minimum absolute atomic E-state index is 0.0253. The number of hydrogen-bond donors (Lipinski definition) is 1. The van der Waals surface area contributed by atoms with Gasteiger partial charge in [0.05, 0.1) is 18.3 Å². The summed E-state index contributed by atoms with van der Waals surface area (Å²) in [6, 6.07) is 5.78. The molecule has 112 valence electrons. The van der Waals surface area contributed by atoms with E-state index in [0.717, 1.165) is 17.1 Å². The van der Waals surface area contributed by atoms with Crippen LogP contribution in [0.4, 0.5) is 0 Å². The maximum Gasteiger partial charge on any atom is 0.208 e. The van der Waals surface area contributed by atoms with E-state index in [1.165, 1.54) is 0 Å². The van der Waals surface area contributed by atoms with Crippen molar-refractivity contribution >= 4 is 0 Å². The smallest absolute Gasteiger partial charge is 0.208 e. The molecule has 5 heteroatoms. The van der Waals surface area contributed by atoms with Crippen LogP contribution in [-0.4, -0.2) is 23.7 Å². The van der Waals surface area contributed by atoms with Crippen molar-refractivity contribution in [3.05, 3.63) is 30.3 Å². The first-order chi connectivity index (χ1) is 10.0. The largest absolute Gasteiger partial charge is 0.486 e. The summed E-state index contributed by atoms with van der Waals surface area (Å²) >= 11 is 0. The van der Waals surface area contributed by atoms with Gasteiger partial charge in [0.25, 0.3) is 0 Å². The molecule has 0 fully saturated rings. The molecule has 0 spiro atoms. The van der Waals surface area contributed by atoms with Crippen LogP contribution in [0.3, 0.4) is 0 Å². The third-order valence-electron chi connectivity index (χ3n) is 3.16. The number of oxazole rings is 1. The van der Waals surface area contributed by atoms with Gasteiger partial charge in [-0.05, 0) is 32.9 Å². The Kier molecular flexibility index (Phi) is 3.59. The predicted molar refractivity (Wildman–Crippen MR) is 79.5 cm³/mol. The summed E-state index contributed by atoms with van der Waals surface area (Å²) in [7, 11) is 0. The highest BCUT2D eigenvalue weighted by molar-refractivity contribution is 5.69. The van der Waals surface area contributed by atoms with Gasteiger partial charge in [-0.25, -0.2) is 4.98 Å². The predicted octanol–water partition coefficient (Wildman–Crippen LogP) is 3.00. The van der Waals surface area contributed by atoms with Crippen LogP contribution in [0.2, 0.25) is 0 Å². The number of hydrogen-bond acceptors (Lipinski definition) is 5. The number of benzene rings is 1. The molecule has 0 atom stereocenters. The zero-order chi connectivity index (χ0) is 14.9. The SMILES string of the molecule is CC(C)(C)NCc1ncc(-c2cccc3c2OCCO3)o1. The minimum atomic E-state index is 0.0253. The Bertz CT molecular complexity index is 629. The van der Waals surface area contributed by atoms with Crippen molar-refractivity contribution in [1.82, 2.24) is 10.3 Å². The topological polar surface area (TPSA) is 56.5 Å². The van der Waals surface area contributed by atoms with Crippen LogP contribution in [0.15, 0.2) is 28.8 Å². The van der Waals surface area contributed by atoms with E-state index in [9.17, 15) is 0 Å². The molecule has 0 saturated heterocycles. The zero-order valence-corrected chi connectivity index (χ0v) is 12.6. The van der Waals surface area contributed by atoms with Crippen molar-refractivity contribution in [1.29, 1.82) is 0 Å². The molecule has 21 heavy (non-hydrogen) atoms. The van der Waals surface area contributed by atoms with Crippen LogP contribution in [0.1, 0.15) is 26.7 Å². The Morgan fingerprint density at radius 2 is 2.00 bits per heavy atom. The van der Waals surface area contributed by atoms with Gasteiger partial charge in [-0.15, -0.1) is 0 Å². The molecule has 0 aliphatic carbocycles. The second-order valence-electron chi connectivity index (χ2n) is 6.05. The standard InChI is InChI=1S/C16H20N2O3/c1-16(2,3)18-10-14-17-9-13(21-14)11-5-4-6-12-15(11)20-8-7-19-12/h4-6,9,18H,7-8,10H2,1-3H3. The van der Waals surface area contributed by atoms with Crippen molar-refractivity contribution in [2.45, 2.75) is 32.9 Å². The van der Waals surface area contributed by atoms with Crippen molar-refractivity contribution in [2.24, 2.45) is 0 Å². The fourth-order valence-corrected chi connectivity index (χ4v) is 2.13. The highest BCUT2D eigenvalue weighted by Crippen LogP contribution is 2.39. The molecule has 2 aromatic rings. The van der Waals surface area contributed by atoms with Crippen molar-refractivity contribution in [2.75, 3.05) is 13.2 Å². The zero-order valence-electron chi connectivity index (χ0n) is 12.6. The van der Waals surface area contributed by atoms with Gasteiger partial charge in [-0.2, -0.15) is 0 Å². The molecule has 2 heterocycles. The maximum absolute atomic E-state index is 5.82. The highest BCUT2D eigenvalue weighted by Gasteiger charge is 2.19. The molecule has 3 rings (SSSR count). The Labute approximate surface area is 124 Å². The van der Waals surface area contributed by atoms with Crippen molar-refractivity contribution in [3.63, 3.8) is 0 Å². The fourth-order valence-electron chi connectivity index (χ4n) is 2.13. The number of nitrogens with one attached hydrogen (secondary N) is 1. The van der Waals surface area contributed by atoms with Gasteiger partial charge in [0, 0.05) is 5.54 Å². The lowest BCUT2D eigenvalue weighted by molar-refractivity contribution is 0.172. The molecule has 5 nitrogen and oxygen atoms in total. The summed E-state index contributed by atoms with van der Waals surface area (Å²) in [5.41, 5.74) is 0.902. The van der Waals surface area contributed by atoms with Crippen LogP contribution in [0.5, 0.6) is 11.5 Å². The van der Waals surface area contributed by atoms with Gasteiger partial charge in [0.2, 0.25) is 5.89 Å². The molecule has 1 aromatic heterocycles. The molecule has 1 aromatic carbocycles. The molecular formula is C16H20N2O3. The number of rotatable bonds is 3. The van der Waals surface area contributed by atoms with Gasteiger partial charge in [-0.1, -0.05) is 6.07 Å². The fraction of sp³-hybridized carbons (Fsp3) is 0.438. The van der Waals surface area contributed by atoms with Gasteiger partial charge >= 0.3 is 0 Å². The first-order valence-electron chi connectivity index (χ1n) is 7.12. The summed E-state index contributed by atoms with van der Waals surface area (Å²) < 4.78 is 17.1. The lowest BCUT2D eigenvalue weighted by atomic mass is 10.1. The molecule has 0 saturated carbocycles. The molecule has 1 aliphatic rings. The van der Waals surface area contributed by atoms with E-state index in [0.29, 0.717) is 31.4 Å². The summed E-state index contributed by atoms with van der Waals surface area (Å²) in [4.78, 5) is 4.32. The van der Waals surface area contributed by atoms with Crippen LogP contribution < -0.4 is 14.8 Å². The van der Waals surface area contributed by atoms with E-state index >= 15 is 0 Å². The normalized spacial score (nSPS) is 14.2. The van der Waals surface area contributed by atoms with Crippen molar-refractivity contribution in [3.8, 4) is 22.8 Å². The Morgan fingerprint density at radius 3 is 2.81 bits per heavy atom. The van der Waals surface area contributed by atoms with Gasteiger partial charge in [0.1, 0.15) is 13.2 Å². The van der Waals surface area contributed by atoms with Gasteiger partial charge < -0.3 is 19.2 Å². The van der Waals surface area contributed by atoms with Crippen molar-refractivity contribution < 1.29 is 13.9 Å². The Hall–Kier alpha value is -2.01. The van der Waals surface area contributed by atoms with E-state index in [4.69, 9.17) is 13.9 Å². The van der Waals surface area contributed by atoms with E-state index in [2.05, 4.69) is 31.1 Å². The molecule has 0 radical (unpaired) electrons. The second kappa shape index (κ2) is 5.41. The van der Waals surface area contributed by atoms with E-state index < -0.39 is 0 Å². The lowest BCUT2D eigenvalue weighted by Gasteiger charge is -2.20. The summed E-state index contributed by atoms with van der Waals surface area (Å²) in [5, 5.41) is 3.35. The third kappa shape index (κ3) is 3.19. The van der Waals surface area contributed by atoms with Gasteiger partial charge in [-0.3, -0.25) is 0 Å². The third-order valence-corrected chi connectivity index (χ3v) is 3.16. The molecule has 1 aliphatic heterocycles. The molecule has 1 N–H and O–H groups in total. The number of aromatic nitrogens is 1. The van der Waals surface area contributed by atoms with Crippen LogP contribution in [0, 0.1) is 0 Å². The molecule has 0 bridgehead atoms. The summed E-state index contributed by atoms with van der Waals surface area (Å²) in [6.45, 7) is 8.04. The summed E-state index contributed by atoms with van der Waals surface area (Å²) in [6.07, 6.45) is 1.73. The summed E-state index contributed by atoms with van der Waals surface area (Å²) in [5.74, 6) is 2.84. The van der Waals surface area contributed by atoms with E-state index in [1.54, 1.807) is 6.20 Å². The molecule has 0 amide bonds. The van der Waals surface area contributed by atoms with Crippen LogP contribution in [0.25, 0.3) is 11.3 Å². The first-order valence-corrected chi connectivity index (χ1v) is 7.12. The quantitative estimate of drug-likeness (QED) is 0.941. The second-order valence-corrected chi connectivity index (χ2v) is 6.05. The van der Waals surface area contributed by atoms with Gasteiger partial charge in [0.15, 0.2) is 17.3 Å². The first kappa shape index (κ1) is 13.9. The Balaban J connectivity index is 1.83. The number of ether oxygens (including phenoxy) is 2.